The van der Waals surface area contributed by atoms with Crippen molar-refractivity contribution in [3.05, 3.63) is 22.7 Å². The molecule has 0 aromatic heterocycles. The number of nitrogen functional groups attached to an aromatic ring is 1. The molecule has 1 aromatic carbocycles. The lowest BCUT2D eigenvalue weighted by atomic mass is 9.93. The molecule has 0 saturated carbocycles. The number of halogens is 1. The molecule has 104 valence electrons. The Hall–Kier alpha value is -1.07. The fraction of sp³-hybridized carbons (Fsp3) is 0.500. The van der Waals surface area contributed by atoms with E-state index >= 15 is 0 Å². The van der Waals surface area contributed by atoms with Crippen molar-refractivity contribution in [2.45, 2.75) is 26.4 Å². The highest BCUT2D eigenvalue weighted by molar-refractivity contribution is 9.10. The summed E-state index contributed by atoms with van der Waals surface area (Å²) in [7, 11) is 0. The Kier molecular flexibility index (Phi) is 4.47. The number of ether oxygens (including phenoxy) is 2. The van der Waals surface area contributed by atoms with Crippen LogP contribution in [0.25, 0.3) is 0 Å². The predicted octanol–water partition coefficient (Wildman–Crippen LogP) is 3.00. The average Bonchev–Trinajstić information content (AvgIpc) is 2.84. The zero-order valence-corrected chi connectivity index (χ0v) is 12.6. The van der Waals surface area contributed by atoms with E-state index in [9.17, 15) is 4.79 Å². The first-order valence-corrected chi connectivity index (χ1v) is 7.17. The van der Waals surface area contributed by atoms with Gasteiger partial charge >= 0.3 is 5.97 Å². The van der Waals surface area contributed by atoms with Gasteiger partial charge in [-0.1, -0.05) is 19.9 Å². The van der Waals surface area contributed by atoms with Crippen LogP contribution < -0.4 is 10.5 Å². The van der Waals surface area contributed by atoms with Crippen LogP contribution in [0.5, 0.6) is 5.75 Å². The lowest BCUT2D eigenvalue weighted by Gasteiger charge is -2.20. The van der Waals surface area contributed by atoms with Crippen LogP contribution in [0, 0.1) is 11.8 Å². The van der Waals surface area contributed by atoms with Gasteiger partial charge in [-0.15, -0.1) is 0 Å². The molecule has 0 aliphatic carbocycles. The maximum Gasteiger partial charge on any atom is 0.317 e. The van der Waals surface area contributed by atoms with Crippen LogP contribution in [-0.2, 0) is 9.53 Å². The smallest absolute Gasteiger partial charge is 0.317 e. The summed E-state index contributed by atoms with van der Waals surface area (Å²) in [5, 5.41) is 0. The van der Waals surface area contributed by atoms with E-state index in [2.05, 4.69) is 15.9 Å². The van der Waals surface area contributed by atoms with E-state index in [1.54, 1.807) is 18.2 Å². The van der Waals surface area contributed by atoms with Gasteiger partial charge in [-0.2, -0.15) is 0 Å². The molecule has 0 bridgehead atoms. The van der Waals surface area contributed by atoms with Crippen molar-refractivity contribution in [1.82, 2.24) is 0 Å². The van der Waals surface area contributed by atoms with Crippen LogP contribution in [-0.4, -0.2) is 18.7 Å². The van der Waals surface area contributed by atoms with Crippen molar-refractivity contribution in [2.24, 2.45) is 11.8 Å². The monoisotopic (exact) mass is 327 g/mol. The number of hydrogen-bond donors (Lipinski definition) is 1. The summed E-state index contributed by atoms with van der Waals surface area (Å²) in [6.45, 7) is 4.71. The molecule has 5 heteroatoms. The third-order valence-corrected chi connectivity index (χ3v) is 4.15. The van der Waals surface area contributed by atoms with Crippen molar-refractivity contribution >= 4 is 27.6 Å². The highest BCUT2D eigenvalue weighted by Gasteiger charge is 2.37. The summed E-state index contributed by atoms with van der Waals surface area (Å²) < 4.78 is 11.7. The molecular formula is C14H18BrNO3. The third kappa shape index (κ3) is 3.09. The van der Waals surface area contributed by atoms with Gasteiger partial charge in [0.15, 0.2) is 0 Å². The van der Waals surface area contributed by atoms with Gasteiger partial charge in [0, 0.05) is 12.3 Å². The standard InChI is InChI=1S/C14H18BrNO3/c1-8(2)13-9(6-7-18-13)14(17)19-11-5-3-4-10(16)12(11)15/h3-5,8-9,13H,6-7,16H2,1-2H3/t9-,13+/m1/s1. The van der Waals surface area contributed by atoms with Crippen LogP contribution in [0.1, 0.15) is 20.3 Å². The van der Waals surface area contributed by atoms with Gasteiger partial charge in [-0.25, -0.2) is 0 Å². The Morgan fingerprint density at radius 2 is 2.26 bits per heavy atom. The fourth-order valence-electron chi connectivity index (χ4n) is 2.31. The van der Waals surface area contributed by atoms with Crippen LogP contribution in [0.2, 0.25) is 0 Å². The number of esters is 1. The minimum absolute atomic E-state index is 0.0627. The van der Waals surface area contributed by atoms with Crippen LogP contribution in [0.4, 0.5) is 5.69 Å². The molecule has 4 nitrogen and oxygen atoms in total. The molecule has 19 heavy (non-hydrogen) atoms. The predicted molar refractivity (Wildman–Crippen MR) is 76.9 cm³/mol. The van der Waals surface area contributed by atoms with E-state index in [1.807, 2.05) is 13.8 Å². The second-order valence-electron chi connectivity index (χ2n) is 5.06. The molecule has 2 N–H and O–H groups in total. The summed E-state index contributed by atoms with van der Waals surface area (Å²) in [6.07, 6.45) is 0.647. The second kappa shape index (κ2) is 5.92. The molecule has 1 heterocycles. The number of nitrogens with two attached hydrogens (primary N) is 1. The van der Waals surface area contributed by atoms with E-state index in [-0.39, 0.29) is 18.0 Å². The highest BCUT2D eigenvalue weighted by Crippen LogP contribution is 2.33. The third-order valence-electron chi connectivity index (χ3n) is 3.30. The summed E-state index contributed by atoms with van der Waals surface area (Å²) >= 11 is 3.33. The molecule has 1 fully saturated rings. The summed E-state index contributed by atoms with van der Waals surface area (Å²) in [6, 6.07) is 5.23. The molecular weight excluding hydrogens is 310 g/mol. The average molecular weight is 328 g/mol. The topological polar surface area (TPSA) is 61.5 Å². The zero-order chi connectivity index (χ0) is 14.0. The van der Waals surface area contributed by atoms with Gasteiger partial charge in [0.25, 0.3) is 0 Å². The van der Waals surface area contributed by atoms with E-state index in [1.165, 1.54) is 0 Å². The van der Waals surface area contributed by atoms with Gasteiger partial charge in [0.1, 0.15) is 5.75 Å². The number of hydrogen-bond acceptors (Lipinski definition) is 4. The maximum atomic E-state index is 12.2. The van der Waals surface area contributed by atoms with E-state index in [0.717, 1.165) is 0 Å². The quantitative estimate of drug-likeness (QED) is 0.526. The first-order valence-electron chi connectivity index (χ1n) is 6.38. The van der Waals surface area contributed by atoms with Gasteiger partial charge in [0.05, 0.1) is 16.5 Å². The lowest BCUT2D eigenvalue weighted by Crippen LogP contribution is -2.31. The largest absolute Gasteiger partial charge is 0.425 e. The Morgan fingerprint density at radius 1 is 1.53 bits per heavy atom. The fourth-order valence-corrected chi connectivity index (χ4v) is 2.66. The van der Waals surface area contributed by atoms with Crippen LogP contribution in [0.15, 0.2) is 22.7 Å². The van der Waals surface area contributed by atoms with Crippen LogP contribution in [0.3, 0.4) is 0 Å². The Morgan fingerprint density at radius 3 is 2.95 bits per heavy atom. The van der Waals surface area contributed by atoms with Crippen molar-refractivity contribution in [3.63, 3.8) is 0 Å². The van der Waals surface area contributed by atoms with Crippen molar-refractivity contribution in [2.75, 3.05) is 12.3 Å². The number of carbonyl (C=O) groups excluding carboxylic acids is 1. The van der Waals surface area contributed by atoms with Crippen molar-refractivity contribution in [3.8, 4) is 5.75 Å². The number of anilines is 1. The van der Waals surface area contributed by atoms with Gasteiger partial charge in [0.2, 0.25) is 0 Å². The van der Waals surface area contributed by atoms with Crippen molar-refractivity contribution in [1.29, 1.82) is 0 Å². The molecule has 0 radical (unpaired) electrons. The molecule has 0 amide bonds. The summed E-state index contributed by atoms with van der Waals surface area (Å²) in [5.41, 5.74) is 6.31. The Balaban J connectivity index is 2.11. The SMILES string of the molecule is CC(C)[C@@H]1OCC[C@H]1C(=O)Oc1cccc(N)c1Br. The summed E-state index contributed by atoms with van der Waals surface area (Å²) in [4.78, 5) is 12.2. The Bertz CT molecular complexity index is 476. The highest BCUT2D eigenvalue weighted by atomic mass is 79.9. The number of carbonyl (C=O) groups is 1. The minimum atomic E-state index is -0.248. The first kappa shape index (κ1) is 14.3. The Labute approximate surface area is 121 Å². The molecule has 1 aliphatic rings. The molecule has 1 saturated heterocycles. The molecule has 0 spiro atoms. The lowest BCUT2D eigenvalue weighted by molar-refractivity contribution is -0.141. The van der Waals surface area contributed by atoms with Gasteiger partial charge in [-0.3, -0.25) is 4.79 Å². The molecule has 1 aliphatic heterocycles. The number of rotatable bonds is 3. The van der Waals surface area contributed by atoms with Gasteiger partial charge < -0.3 is 15.2 Å². The van der Waals surface area contributed by atoms with E-state index < -0.39 is 0 Å². The van der Waals surface area contributed by atoms with Crippen molar-refractivity contribution < 1.29 is 14.3 Å². The molecule has 2 atom stereocenters. The molecule has 0 unspecified atom stereocenters. The normalized spacial score (nSPS) is 22.7. The van der Waals surface area contributed by atoms with E-state index in [4.69, 9.17) is 15.2 Å². The second-order valence-corrected chi connectivity index (χ2v) is 5.85. The summed E-state index contributed by atoms with van der Waals surface area (Å²) in [5.74, 6) is 0.305. The maximum absolute atomic E-state index is 12.2. The molecule has 2 rings (SSSR count). The van der Waals surface area contributed by atoms with Crippen LogP contribution >= 0.6 is 15.9 Å². The van der Waals surface area contributed by atoms with Gasteiger partial charge in [-0.05, 0) is 40.4 Å². The number of benzene rings is 1. The minimum Gasteiger partial charge on any atom is -0.425 e. The first-order chi connectivity index (χ1) is 9.00. The zero-order valence-electron chi connectivity index (χ0n) is 11.1. The molecule has 1 aromatic rings. The van der Waals surface area contributed by atoms with E-state index in [0.29, 0.717) is 34.9 Å².